The van der Waals surface area contributed by atoms with E-state index in [1.165, 1.54) is 22.5 Å². The molecule has 0 amide bonds. The minimum absolute atomic E-state index is 0.282. The molecular weight excluding hydrogens is 318 g/mol. The van der Waals surface area contributed by atoms with Gasteiger partial charge in [-0.2, -0.15) is 0 Å². The van der Waals surface area contributed by atoms with Gasteiger partial charge in [0.05, 0.1) is 0 Å². The first kappa shape index (κ1) is 13.1. The van der Waals surface area contributed by atoms with Crippen molar-refractivity contribution in [2.24, 2.45) is 0 Å². The van der Waals surface area contributed by atoms with Crippen LogP contribution in [0.1, 0.15) is 0 Å². The van der Waals surface area contributed by atoms with E-state index in [1.807, 2.05) is 18.2 Å². The van der Waals surface area contributed by atoms with Gasteiger partial charge in [0.2, 0.25) is 0 Å². The van der Waals surface area contributed by atoms with Gasteiger partial charge in [-0.25, -0.2) is 0 Å². The number of carbonyl (C=O) groups excluding carboxylic acids is 1. The molecule has 0 unspecified atom stereocenters. The first-order valence-corrected chi connectivity index (χ1v) is 7.33. The van der Waals surface area contributed by atoms with Crippen molar-refractivity contribution in [1.82, 2.24) is 0 Å². The van der Waals surface area contributed by atoms with Crippen molar-refractivity contribution in [3.05, 3.63) is 34.5 Å². The van der Waals surface area contributed by atoms with E-state index in [0.29, 0.717) is 0 Å². The fraction of sp³-hybridized carbons (Fsp3) is 0.250. The molecule has 0 saturated heterocycles. The molecule has 0 radical (unpaired) electrons. The Balaban J connectivity index is 2.56. The summed E-state index contributed by atoms with van der Waals surface area (Å²) in [6.45, 7) is 0. The maximum atomic E-state index is 10.9. The zero-order chi connectivity index (χ0) is 12.0. The van der Waals surface area contributed by atoms with E-state index < -0.39 is 20.9 Å². The Morgan fingerprint density at radius 3 is 2.44 bits per heavy atom. The monoisotopic (exact) mass is 335 g/mol. The summed E-state index contributed by atoms with van der Waals surface area (Å²) in [6.07, 6.45) is 1.50. The molecule has 0 aliphatic rings. The van der Waals surface area contributed by atoms with Crippen molar-refractivity contribution < 1.29 is 9.53 Å². The van der Waals surface area contributed by atoms with E-state index in [0.717, 1.165) is 0 Å². The quantitative estimate of drug-likeness (QED) is 0.463. The number of methoxy groups -OCH3 is 1. The Bertz CT molecular complexity index is 371. The van der Waals surface area contributed by atoms with Crippen LogP contribution >= 0.6 is 0 Å². The van der Waals surface area contributed by atoms with Crippen molar-refractivity contribution in [3.8, 4) is 0 Å². The zero-order valence-electron chi connectivity index (χ0n) is 9.64. The van der Waals surface area contributed by atoms with Gasteiger partial charge in [0, 0.05) is 0 Å². The van der Waals surface area contributed by atoms with E-state index in [4.69, 9.17) is 0 Å². The fourth-order valence-electron chi connectivity index (χ4n) is 1.06. The number of rotatable bonds is 4. The summed E-state index contributed by atoms with van der Waals surface area (Å²) in [7, 11) is 5.42. The summed E-state index contributed by atoms with van der Waals surface area (Å²) in [5.41, 5.74) is 1.19. The Kier molecular flexibility index (Phi) is 5.37. The number of benzene rings is 1. The summed E-state index contributed by atoms with van der Waals surface area (Å²) in [5, 5.41) is 0. The zero-order valence-corrected chi connectivity index (χ0v) is 12.0. The van der Waals surface area contributed by atoms with Crippen LogP contribution in [0.4, 0.5) is 5.69 Å². The van der Waals surface area contributed by atoms with Crippen LogP contribution in [0.25, 0.3) is 0 Å². The molecule has 3 nitrogen and oxygen atoms in total. The Morgan fingerprint density at radius 2 is 1.94 bits per heavy atom. The molecule has 4 heteroatoms. The number of carbonyl (C=O) groups is 1. The molecule has 0 aliphatic carbocycles. The van der Waals surface area contributed by atoms with Crippen molar-refractivity contribution in [3.63, 3.8) is 0 Å². The van der Waals surface area contributed by atoms with Gasteiger partial charge >= 0.3 is 106 Å². The Morgan fingerprint density at radius 1 is 1.31 bits per heavy atom. The van der Waals surface area contributed by atoms with Gasteiger partial charge in [0.25, 0.3) is 0 Å². The fourth-order valence-corrected chi connectivity index (χ4v) is 2.86. The standard InChI is InChI=1S/C12H15NO2Te/c1-13(2)10-4-6-11(7-5-10)16-9-8-12(14)15-3/h4-9H,1-3H3/b9-8-. The first-order valence-electron chi connectivity index (χ1n) is 4.82. The van der Waals surface area contributed by atoms with Crippen LogP contribution in [0.2, 0.25) is 0 Å². The summed E-state index contributed by atoms with van der Waals surface area (Å²) >= 11 is -0.424. The minimum atomic E-state index is -0.424. The van der Waals surface area contributed by atoms with Crippen LogP contribution in [0, 0.1) is 0 Å². The SMILES string of the molecule is COC(=O)/C=C\[Te]c1ccc(N(C)C)cc1. The molecule has 86 valence electrons. The number of hydrogen-bond donors (Lipinski definition) is 0. The molecule has 0 fully saturated rings. The Labute approximate surface area is 106 Å². The molecule has 0 bridgehead atoms. The normalized spacial score (nSPS) is 10.4. The van der Waals surface area contributed by atoms with Crippen molar-refractivity contribution in [1.29, 1.82) is 0 Å². The van der Waals surface area contributed by atoms with Gasteiger partial charge in [-0.1, -0.05) is 0 Å². The predicted octanol–water partition coefficient (Wildman–Crippen LogP) is 0.769. The Hall–Kier alpha value is -0.980. The summed E-state index contributed by atoms with van der Waals surface area (Å²) < 4.78 is 7.76. The summed E-state index contributed by atoms with van der Waals surface area (Å²) in [4.78, 5) is 12.9. The number of ether oxygens (including phenoxy) is 1. The molecule has 16 heavy (non-hydrogen) atoms. The molecule has 0 spiro atoms. The number of anilines is 1. The van der Waals surface area contributed by atoms with Crippen LogP contribution in [0.3, 0.4) is 0 Å². The van der Waals surface area contributed by atoms with Crippen molar-refractivity contribution in [2.75, 3.05) is 26.1 Å². The van der Waals surface area contributed by atoms with Gasteiger partial charge in [-0.05, 0) is 0 Å². The van der Waals surface area contributed by atoms with Gasteiger partial charge < -0.3 is 0 Å². The molecule has 0 atom stereocenters. The average Bonchev–Trinajstić information content (AvgIpc) is 2.29. The predicted molar refractivity (Wildman–Crippen MR) is 67.3 cm³/mol. The van der Waals surface area contributed by atoms with Crippen LogP contribution < -0.4 is 8.51 Å². The second kappa shape index (κ2) is 6.57. The van der Waals surface area contributed by atoms with E-state index in [9.17, 15) is 4.79 Å². The third kappa shape index (κ3) is 4.26. The van der Waals surface area contributed by atoms with Gasteiger partial charge in [0.15, 0.2) is 0 Å². The molecule has 0 aromatic heterocycles. The van der Waals surface area contributed by atoms with Crippen LogP contribution in [0.5, 0.6) is 0 Å². The number of hydrogen-bond acceptors (Lipinski definition) is 3. The van der Waals surface area contributed by atoms with Gasteiger partial charge in [-0.3, -0.25) is 0 Å². The molecule has 0 heterocycles. The van der Waals surface area contributed by atoms with E-state index in [2.05, 4.69) is 33.9 Å². The van der Waals surface area contributed by atoms with Crippen LogP contribution in [-0.2, 0) is 9.53 Å². The molecule has 1 rings (SSSR count). The summed E-state index contributed by atoms with van der Waals surface area (Å²) in [5.74, 6) is -0.282. The summed E-state index contributed by atoms with van der Waals surface area (Å²) in [6, 6.07) is 8.40. The molecule has 0 aliphatic heterocycles. The maximum absolute atomic E-state index is 10.9. The molecule has 1 aromatic carbocycles. The van der Waals surface area contributed by atoms with Crippen LogP contribution in [0.15, 0.2) is 34.5 Å². The topological polar surface area (TPSA) is 29.5 Å². The van der Waals surface area contributed by atoms with Gasteiger partial charge in [-0.15, -0.1) is 0 Å². The van der Waals surface area contributed by atoms with Crippen molar-refractivity contribution >= 4 is 36.2 Å². The molecular formula is C12H15NO2Te. The second-order valence-corrected chi connectivity index (χ2v) is 6.13. The molecule has 0 saturated carbocycles. The van der Waals surface area contributed by atoms with E-state index >= 15 is 0 Å². The average molecular weight is 333 g/mol. The number of nitrogens with zero attached hydrogens (tertiary/aromatic N) is 1. The van der Waals surface area contributed by atoms with Crippen molar-refractivity contribution in [2.45, 2.75) is 0 Å². The second-order valence-electron chi connectivity index (χ2n) is 3.33. The van der Waals surface area contributed by atoms with E-state index in [-0.39, 0.29) is 5.97 Å². The third-order valence-electron chi connectivity index (χ3n) is 1.96. The number of esters is 1. The van der Waals surface area contributed by atoms with E-state index in [1.54, 1.807) is 0 Å². The van der Waals surface area contributed by atoms with Crippen LogP contribution in [-0.4, -0.2) is 48.1 Å². The van der Waals surface area contributed by atoms with Gasteiger partial charge in [0.1, 0.15) is 0 Å². The third-order valence-corrected chi connectivity index (χ3v) is 4.29. The molecule has 0 N–H and O–H groups in total. The first-order chi connectivity index (χ1) is 7.63. The molecule has 1 aromatic rings.